The summed E-state index contributed by atoms with van der Waals surface area (Å²) in [5.41, 5.74) is 11.8. The molecule has 0 aliphatic carbocycles. The van der Waals surface area contributed by atoms with E-state index >= 15 is 0 Å². The highest BCUT2D eigenvalue weighted by Crippen LogP contribution is 2.33. The summed E-state index contributed by atoms with van der Waals surface area (Å²) in [5.74, 6) is 1.58. The Morgan fingerprint density at radius 2 is 1.97 bits per heavy atom. The monoisotopic (exact) mass is 427 g/mol. The van der Waals surface area contributed by atoms with Gasteiger partial charge in [-0.2, -0.15) is 0 Å². The first kappa shape index (κ1) is 19.6. The molecule has 5 heterocycles. The lowest BCUT2D eigenvalue weighted by Crippen LogP contribution is -2.62. The lowest BCUT2D eigenvalue weighted by Gasteiger charge is -2.50. The first-order chi connectivity index (χ1) is 15.4. The lowest BCUT2D eigenvalue weighted by molar-refractivity contribution is 0.0654. The number of aliphatic imine (C=N–C) groups is 1. The first-order valence-corrected chi connectivity index (χ1v) is 11.5. The van der Waals surface area contributed by atoms with Crippen LogP contribution in [0.2, 0.25) is 0 Å². The van der Waals surface area contributed by atoms with Crippen LogP contribution in [-0.2, 0) is 6.42 Å². The molecule has 1 aromatic carbocycles. The highest BCUT2D eigenvalue weighted by Gasteiger charge is 2.37. The van der Waals surface area contributed by atoms with Crippen molar-refractivity contribution in [1.29, 1.82) is 0 Å². The Kier molecular flexibility index (Phi) is 4.43. The van der Waals surface area contributed by atoms with Gasteiger partial charge in [-0.15, -0.1) is 0 Å². The molecule has 0 radical (unpaired) electrons. The van der Waals surface area contributed by atoms with E-state index in [9.17, 15) is 0 Å². The second-order valence-corrected chi connectivity index (χ2v) is 10.2. The molecule has 7 nitrogen and oxygen atoms in total. The maximum absolute atomic E-state index is 5.89. The average molecular weight is 428 g/mol. The van der Waals surface area contributed by atoms with Gasteiger partial charge in [-0.25, -0.2) is 19.9 Å². The second kappa shape index (κ2) is 7.24. The van der Waals surface area contributed by atoms with E-state index in [0.29, 0.717) is 22.9 Å². The third kappa shape index (κ3) is 3.50. The summed E-state index contributed by atoms with van der Waals surface area (Å²) in [6, 6.07) is 10.8. The highest BCUT2D eigenvalue weighted by atomic mass is 15.3. The fourth-order valence-corrected chi connectivity index (χ4v) is 5.22. The first-order valence-electron chi connectivity index (χ1n) is 11.5. The molecule has 0 saturated carbocycles. The summed E-state index contributed by atoms with van der Waals surface area (Å²) in [7, 11) is 0. The topological polar surface area (TPSA) is 83.5 Å². The summed E-state index contributed by atoms with van der Waals surface area (Å²) < 4.78 is 0. The Morgan fingerprint density at radius 1 is 1.09 bits per heavy atom. The smallest absolute Gasteiger partial charge is 0.180 e. The maximum Gasteiger partial charge on any atom is 0.180 e. The minimum Gasteiger partial charge on any atom is -0.387 e. The Labute approximate surface area is 188 Å². The molecular formula is C25H29N7. The van der Waals surface area contributed by atoms with E-state index in [1.165, 1.54) is 31.5 Å². The number of anilines is 1. The van der Waals surface area contributed by atoms with Crippen LogP contribution in [0.3, 0.4) is 0 Å². The third-order valence-corrected chi connectivity index (χ3v) is 7.04. The van der Waals surface area contributed by atoms with E-state index in [2.05, 4.69) is 51.8 Å². The third-order valence-electron chi connectivity index (χ3n) is 7.04. The molecule has 0 unspecified atom stereocenters. The Bertz CT molecular complexity index is 1230. The molecule has 0 spiro atoms. The van der Waals surface area contributed by atoms with Crippen molar-refractivity contribution in [3.63, 3.8) is 0 Å². The SMILES string of the molecule is CC1(C)CCCN(C2CN(c3cnc4ccc(-c5ccc6c(c5)N=C(N)C6)nc4n3)C2)C1. The predicted molar refractivity (Wildman–Crippen MR) is 128 cm³/mol. The zero-order valence-corrected chi connectivity index (χ0v) is 18.8. The minimum atomic E-state index is 0.427. The molecule has 7 heteroatoms. The molecule has 0 bridgehead atoms. The van der Waals surface area contributed by atoms with Crippen molar-refractivity contribution in [2.75, 3.05) is 31.1 Å². The van der Waals surface area contributed by atoms with Crippen LogP contribution >= 0.6 is 0 Å². The molecule has 2 saturated heterocycles. The van der Waals surface area contributed by atoms with Crippen molar-refractivity contribution in [3.05, 3.63) is 42.1 Å². The average Bonchev–Trinajstić information content (AvgIpc) is 3.10. The van der Waals surface area contributed by atoms with Gasteiger partial charge < -0.3 is 10.6 Å². The number of fused-ring (bicyclic) bond motifs is 2. The van der Waals surface area contributed by atoms with Gasteiger partial charge in [0.25, 0.3) is 0 Å². The molecule has 6 rings (SSSR count). The van der Waals surface area contributed by atoms with Gasteiger partial charge in [0, 0.05) is 37.7 Å². The lowest BCUT2D eigenvalue weighted by atomic mass is 9.83. The molecule has 3 aliphatic rings. The van der Waals surface area contributed by atoms with E-state index < -0.39 is 0 Å². The van der Waals surface area contributed by atoms with Gasteiger partial charge in [-0.1, -0.05) is 26.0 Å². The Hall–Kier alpha value is -3.06. The number of nitrogens with zero attached hydrogens (tertiary/aromatic N) is 6. The molecular weight excluding hydrogens is 398 g/mol. The minimum absolute atomic E-state index is 0.427. The number of benzene rings is 1. The number of rotatable bonds is 3. The fourth-order valence-electron chi connectivity index (χ4n) is 5.22. The number of piperidine rings is 1. The predicted octanol–water partition coefficient (Wildman–Crippen LogP) is 3.55. The van der Waals surface area contributed by atoms with Crippen molar-refractivity contribution in [2.45, 2.75) is 39.2 Å². The van der Waals surface area contributed by atoms with Crippen molar-refractivity contribution in [2.24, 2.45) is 16.1 Å². The van der Waals surface area contributed by atoms with E-state index in [4.69, 9.17) is 15.7 Å². The molecule has 164 valence electrons. The summed E-state index contributed by atoms with van der Waals surface area (Å²) in [6.07, 6.45) is 5.23. The standard InChI is InChI=1S/C25H29N7/c1-25(2)8-3-9-31(15-25)18-13-32(14-18)23-12-27-20-7-6-19(29-24(20)30-23)16-4-5-17-11-22(26)28-21(17)10-16/h4-7,10,12,18H,3,8-9,11,13-15H2,1-2H3,(H2,26,28). The summed E-state index contributed by atoms with van der Waals surface area (Å²) in [4.78, 5) is 23.7. The number of likely N-dealkylation sites (tertiary alicyclic amines) is 1. The summed E-state index contributed by atoms with van der Waals surface area (Å²) in [5, 5.41) is 0. The van der Waals surface area contributed by atoms with Crippen molar-refractivity contribution < 1.29 is 0 Å². The van der Waals surface area contributed by atoms with Crippen LogP contribution in [0.15, 0.2) is 41.5 Å². The zero-order valence-electron chi connectivity index (χ0n) is 18.8. The molecule has 2 fully saturated rings. The van der Waals surface area contributed by atoms with Crippen LogP contribution in [0.1, 0.15) is 32.3 Å². The van der Waals surface area contributed by atoms with Crippen LogP contribution in [0, 0.1) is 5.41 Å². The van der Waals surface area contributed by atoms with Crippen molar-refractivity contribution >= 4 is 28.5 Å². The fraction of sp³-hybridized carbons (Fsp3) is 0.440. The van der Waals surface area contributed by atoms with Gasteiger partial charge in [0.05, 0.1) is 17.6 Å². The van der Waals surface area contributed by atoms with E-state index in [-0.39, 0.29) is 0 Å². The molecule has 3 aliphatic heterocycles. The molecule has 2 aromatic heterocycles. The summed E-state index contributed by atoms with van der Waals surface area (Å²) >= 11 is 0. The molecule has 32 heavy (non-hydrogen) atoms. The van der Waals surface area contributed by atoms with Crippen LogP contribution in [-0.4, -0.2) is 57.9 Å². The van der Waals surface area contributed by atoms with Gasteiger partial charge in [0.1, 0.15) is 17.2 Å². The van der Waals surface area contributed by atoms with Crippen LogP contribution in [0.25, 0.3) is 22.4 Å². The van der Waals surface area contributed by atoms with Crippen LogP contribution in [0.5, 0.6) is 0 Å². The number of pyridine rings is 1. The maximum atomic E-state index is 5.89. The van der Waals surface area contributed by atoms with Gasteiger partial charge in [0.2, 0.25) is 0 Å². The Morgan fingerprint density at radius 3 is 2.81 bits per heavy atom. The van der Waals surface area contributed by atoms with Gasteiger partial charge in [-0.3, -0.25) is 4.90 Å². The van der Waals surface area contributed by atoms with Gasteiger partial charge in [0.15, 0.2) is 5.65 Å². The molecule has 2 N–H and O–H groups in total. The van der Waals surface area contributed by atoms with Crippen LogP contribution in [0.4, 0.5) is 11.5 Å². The van der Waals surface area contributed by atoms with Gasteiger partial charge >= 0.3 is 0 Å². The number of nitrogens with two attached hydrogens (primary N) is 1. The molecule has 0 amide bonds. The number of hydrogen-bond acceptors (Lipinski definition) is 7. The van der Waals surface area contributed by atoms with Gasteiger partial charge in [-0.05, 0) is 48.6 Å². The van der Waals surface area contributed by atoms with Crippen molar-refractivity contribution in [3.8, 4) is 11.3 Å². The summed E-state index contributed by atoms with van der Waals surface area (Å²) in [6.45, 7) is 9.20. The van der Waals surface area contributed by atoms with E-state index in [0.717, 1.165) is 47.8 Å². The Balaban J connectivity index is 1.22. The number of amidine groups is 1. The van der Waals surface area contributed by atoms with E-state index in [1.54, 1.807) is 0 Å². The highest BCUT2D eigenvalue weighted by molar-refractivity contribution is 5.92. The largest absolute Gasteiger partial charge is 0.387 e. The van der Waals surface area contributed by atoms with Crippen molar-refractivity contribution in [1.82, 2.24) is 19.9 Å². The quantitative estimate of drug-likeness (QED) is 0.688. The van der Waals surface area contributed by atoms with E-state index in [1.807, 2.05) is 18.3 Å². The second-order valence-electron chi connectivity index (χ2n) is 10.2. The molecule has 3 aromatic rings. The zero-order chi connectivity index (χ0) is 21.9. The number of hydrogen-bond donors (Lipinski definition) is 1. The normalized spacial score (nSPS) is 20.8. The number of aromatic nitrogens is 3. The molecule has 0 atom stereocenters. The van der Waals surface area contributed by atoms with Crippen LogP contribution < -0.4 is 10.6 Å².